The zero-order chi connectivity index (χ0) is 24.1. The van der Waals surface area contributed by atoms with Gasteiger partial charge in [-0.05, 0) is 49.1 Å². The Labute approximate surface area is 200 Å². The van der Waals surface area contributed by atoms with E-state index in [9.17, 15) is 18.0 Å². The van der Waals surface area contributed by atoms with Gasteiger partial charge in [0.15, 0.2) is 5.78 Å². The van der Waals surface area contributed by atoms with Crippen LogP contribution in [0.1, 0.15) is 41.3 Å². The second-order valence-corrected chi connectivity index (χ2v) is 10.4. The van der Waals surface area contributed by atoms with Crippen molar-refractivity contribution in [3.05, 3.63) is 95.6 Å². The van der Waals surface area contributed by atoms with Crippen LogP contribution in [0.15, 0.2) is 83.8 Å². The molecule has 34 heavy (non-hydrogen) atoms. The fraction of sp³-hybridized carbons (Fsp3) is 0.259. The molecule has 0 atom stereocenters. The summed E-state index contributed by atoms with van der Waals surface area (Å²) in [4.78, 5) is 24.6. The fourth-order valence-electron chi connectivity index (χ4n) is 4.11. The predicted octanol–water partition coefficient (Wildman–Crippen LogP) is 4.49. The third kappa shape index (κ3) is 5.43. The van der Waals surface area contributed by atoms with Crippen LogP contribution in [0.2, 0.25) is 0 Å². The Morgan fingerprint density at radius 2 is 1.59 bits per heavy atom. The van der Waals surface area contributed by atoms with E-state index in [-0.39, 0.29) is 35.7 Å². The number of esters is 1. The highest BCUT2D eigenvalue weighted by Crippen LogP contribution is 2.27. The van der Waals surface area contributed by atoms with Gasteiger partial charge in [0.05, 0.1) is 10.8 Å². The summed E-state index contributed by atoms with van der Waals surface area (Å²) in [5, 5.41) is 0. The number of sulfonamides is 1. The van der Waals surface area contributed by atoms with Crippen molar-refractivity contribution in [2.24, 2.45) is 5.92 Å². The van der Waals surface area contributed by atoms with Gasteiger partial charge in [0.2, 0.25) is 10.0 Å². The second-order valence-electron chi connectivity index (χ2n) is 8.45. The highest BCUT2D eigenvalue weighted by molar-refractivity contribution is 7.89. The quantitative estimate of drug-likeness (QED) is 0.285. The van der Waals surface area contributed by atoms with Crippen LogP contribution in [0, 0.1) is 5.92 Å². The Kier molecular flexibility index (Phi) is 7.24. The van der Waals surface area contributed by atoms with Crippen molar-refractivity contribution in [3.8, 4) is 5.75 Å². The molecular formula is C27H27NO5S. The number of ether oxygens (including phenoxy) is 1. The van der Waals surface area contributed by atoms with Gasteiger partial charge in [0.25, 0.3) is 0 Å². The van der Waals surface area contributed by atoms with E-state index >= 15 is 0 Å². The molecule has 0 saturated carbocycles. The molecule has 1 fully saturated rings. The summed E-state index contributed by atoms with van der Waals surface area (Å²) in [5.41, 5.74) is 2.40. The van der Waals surface area contributed by atoms with Crippen molar-refractivity contribution in [1.29, 1.82) is 0 Å². The lowest BCUT2D eigenvalue weighted by molar-refractivity contribution is -0.140. The molecule has 0 radical (unpaired) electrons. The zero-order valence-electron chi connectivity index (χ0n) is 19.0. The summed E-state index contributed by atoms with van der Waals surface area (Å²) < 4.78 is 33.2. The summed E-state index contributed by atoms with van der Waals surface area (Å²) in [6.07, 6.45) is 1.41. The molecule has 1 aliphatic heterocycles. The first-order valence-corrected chi connectivity index (χ1v) is 12.7. The molecule has 3 aromatic carbocycles. The topological polar surface area (TPSA) is 80.8 Å². The minimum atomic E-state index is -3.74. The molecule has 0 amide bonds. The number of piperidine rings is 1. The lowest BCUT2D eigenvalue weighted by atomic mass is 9.98. The van der Waals surface area contributed by atoms with Crippen molar-refractivity contribution in [1.82, 2.24) is 4.31 Å². The van der Waals surface area contributed by atoms with Gasteiger partial charge in [-0.1, -0.05) is 60.7 Å². The Morgan fingerprint density at radius 1 is 0.912 bits per heavy atom. The first kappa shape index (κ1) is 23.9. The van der Waals surface area contributed by atoms with Crippen molar-refractivity contribution in [3.63, 3.8) is 0 Å². The third-order valence-corrected chi connectivity index (χ3v) is 7.98. The average molecular weight is 478 g/mol. The summed E-state index contributed by atoms with van der Waals surface area (Å²) in [5.74, 6) is -0.366. The van der Waals surface area contributed by atoms with Gasteiger partial charge in [0.1, 0.15) is 5.75 Å². The summed E-state index contributed by atoms with van der Waals surface area (Å²) in [7, 11) is -3.74. The maximum Gasteiger partial charge on any atom is 0.314 e. The van der Waals surface area contributed by atoms with Gasteiger partial charge in [-0.3, -0.25) is 9.59 Å². The molecule has 0 spiro atoms. The van der Waals surface area contributed by atoms with Crippen LogP contribution in [0.5, 0.6) is 5.75 Å². The molecule has 1 saturated heterocycles. The van der Waals surface area contributed by atoms with Gasteiger partial charge in [0, 0.05) is 25.1 Å². The molecule has 0 N–H and O–H groups in total. The van der Waals surface area contributed by atoms with Gasteiger partial charge in [-0.2, -0.15) is 4.31 Å². The molecule has 0 unspecified atom stereocenters. The average Bonchev–Trinajstić information content (AvgIpc) is 2.86. The van der Waals surface area contributed by atoms with Gasteiger partial charge >= 0.3 is 5.97 Å². The molecule has 0 aromatic heterocycles. The smallest absolute Gasteiger partial charge is 0.314 e. The predicted molar refractivity (Wildman–Crippen MR) is 129 cm³/mol. The van der Waals surface area contributed by atoms with E-state index in [1.165, 1.54) is 23.4 Å². The molecular weight excluding hydrogens is 450 g/mol. The summed E-state index contributed by atoms with van der Waals surface area (Å²) in [6.45, 7) is 1.84. The van der Waals surface area contributed by atoms with E-state index in [4.69, 9.17) is 4.74 Å². The van der Waals surface area contributed by atoms with Crippen molar-refractivity contribution < 1.29 is 22.7 Å². The van der Waals surface area contributed by atoms with Crippen LogP contribution in [-0.4, -0.2) is 37.6 Å². The second kappa shape index (κ2) is 10.3. The van der Waals surface area contributed by atoms with Crippen LogP contribution in [0.25, 0.3) is 0 Å². The van der Waals surface area contributed by atoms with E-state index in [1.807, 2.05) is 48.5 Å². The van der Waals surface area contributed by atoms with E-state index in [0.717, 1.165) is 11.1 Å². The van der Waals surface area contributed by atoms with E-state index < -0.39 is 10.0 Å². The normalized spacial score (nSPS) is 15.1. The largest absolute Gasteiger partial charge is 0.426 e. The van der Waals surface area contributed by atoms with Crippen molar-refractivity contribution in [2.75, 3.05) is 13.1 Å². The maximum atomic E-state index is 13.0. The van der Waals surface area contributed by atoms with Gasteiger partial charge in [-0.15, -0.1) is 0 Å². The first-order valence-electron chi connectivity index (χ1n) is 11.3. The molecule has 176 valence electrons. The van der Waals surface area contributed by atoms with E-state index in [1.54, 1.807) is 18.2 Å². The number of rotatable bonds is 7. The van der Waals surface area contributed by atoms with Gasteiger partial charge in [-0.25, -0.2) is 8.42 Å². The zero-order valence-corrected chi connectivity index (χ0v) is 19.8. The molecule has 1 aliphatic rings. The lowest BCUT2D eigenvalue weighted by Gasteiger charge is -2.30. The van der Waals surface area contributed by atoms with Crippen molar-refractivity contribution >= 4 is 21.8 Å². The highest BCUT2D eigenvalue weighted by Gasteiger charge is 2.33. The standard InChI is InChI=1S/C27H27NO5S/c1-20(29)23-11-7-12-25(19-23)34(31,32)28-16-14-22(15-17-28)27(30)33-26-13-6-5-10-24(26)18-21-8-3-2-4-9-21/h2-13,19,22H,14-18H2,1H3. The first-order chi connectivity index (χ1) is 16.3. The molecule has 0 aliphatic carbocycles. The van der Waals surface area contributed by atoms with Gasteiger partial charge < -0.3 is 4.74 Å². The van der Waals surface area contributed by atoms with Crippen LogP contribution >= 0.6 is 0 Å². The fourth-order valence-corrected chi connectivity index (χ4v) is 5.63. The Hall–Kier alpha value is -3.29. The number of benzene rings is 3. The molecule has 3 aromatic rings. The van der Waals surface area contributed by atoms with Crippen LogP contribution in [0.3, 0.4) is 0 Å². The van der Waals surface area contributed by atoms with E-state index in [0.29, 0.717) is 30.6 Å². The van der Waals surface area contributed by atoms with Crippen LogP contribution in [0.4, 0.5) is 0 Å². The Morgan fingerprint density at radius 3 is 2.29 bits per heavy atom. The molecule has 0 bridgehead atoms. The van der Waals surface area contributed by atoms with E-state index in [2.05, 4.69) is 0 Å². The summed E-state index contributed by atoms with van der Waals surface area (Å²) >= 11 is 0. The number of para-hydroxylation sites is 1. The van der Waals surface area contributed by atoms with Crippen LogP contribution in [-0.2, 0) is 21.2 Å². The van der Waals surface area contributed by atoms with Crippen LogP contribution < -0.4 is 4.74 Å². The lowest BCUT2D eigenvalue weighted by Crippen LogP contribution is -2.41. The number of carbonyl (C=O) groups excluding carboxylic acids is 2. The molecule has 7 heteroatoms. The number of carbonyl (C=O) groups is 2. The number of nitrogens with zero attached hydrogens (tertiary/aromatic N) is 1. The highest BCUT2D eigenvalue weighted by atomic mass is 32.2. The number of ketones is 1. The minimum Gasteiger partial charge on any atom is -0.426 e. The summed E-state index contributed by atoms with van der Waals surface area (Å²) in [6, 6.07) is 23.5. The van der Waals surface area contributed by atoms with Crippen molar-refractivity contribution in [2.45, 2.75) is 31.1 Å². The maximum absolute atomic E-state index is 13.0. The minimum absolute atomic E-state index is 0.0936. The molecule has 1 heterocycles. The molecule has 4 rings (SSSR count). The number of hydrogen-bond donors (Lipinski definition) is 0. The third-order valence-electron chi connectivity index (χ3n) is 6.09. The number of hydrogen-bond acceptors (Lipinski definition) is 5. The molecule has 6 nitrogen and oxygen atoms in total. The number of Topliss-reactive ketones (excluding diaryl/α,β-unsaturated/α-hetero) is 1. The SMILES string of the molecule is CC(=O)c1cccc(S(=O)(=O)N2CCC(C(=O)Oc3ccccc3Cc3ccccc3)CC2)c1. The monoisotopic (exact) mass is 477 g/mol. The Bertz CT molecular complexity index is 1280. The Balaban J connectivity index is 1.40.